The van der Waals surface area contributed by atoms with Crippen LogP contribution in [0.15, 0.2) is 30.5 Å². The molecule has 0 amide bonds. The van der Waals surface area contributed by atoms with Crippen LogP contribution in [0.25, 0.3) is 6.08 Å². The van der Waals surface area contributed by atoms with E-state index in [9.17, 15) is 0 Å². The van der Waals surface area contributed by atoms with Gasteiger partial charge in [-0.3, -0.25) is 0 Å². The largest absolute Gasteiger partial charge is 0.361 e. The van der Waals surface area contributed by atoms with Gasteiger partial charge in [-0.05, 0) is 31.1 Å². The molecule has 62 valence electrons. The van der Waals surface area contributed by atoms with Crippen molar-refractivity contribution in [1.82, 2.24) is 4.98 Å². The molecule has 1 aliphatic rings. The predicted octanol–water partition coefficient (Wildman–Crippen LogP) is 2.78. The summed E-state index contributed by atoms with van der Waals surface area (Å²) in [5.41, 5.74) is 4.08. The number of hydrogen-bond donors (Lipinski definition) is 1. The van der Waals surface area contributed by atoms with Gasteiger partial charge in [0.1, 0.15) is 0 Å². The quantitative estimate of drug-likeness (QED) is 0.606. The lowest BCUT2D eigenvalue weighted by molar-refractivity contribution is 0.747. The second kappa shape index (κ2) is 2.67. The van der Waals surface area contributed by atoms with Crippen LogP contribution >= 0.6 is 0 Å². The maximum absolute atomic E-state index is 3.84. The lowest BCUT2D eigenvalue weighted by Crippen LogP contribution is -2.07. The minimum atomic E-state index is 0.535. The zero-order chi connectivity index (χ0) is 8.55. The summed E-state index contributed by atoms with van der Waals surface area (Å²) in [6, 6.07) is 2.15. The maximum Gasteiger partial charge on any atom is 0.0412 e. The molecule has 0 bridgehead atoms. The van der Waals surface area contributed by atoms with Gasteiger partial charge in [0.25, 0.3) is 0 Å². The fourth-order valence-corrected chi connectivity index (χ4v) is 1.73. The molecule has 0 fully saturated rings. The van der Waals surface area contributed by atoms with Crippen molar-refractivity contribution in [3.63, 3.8) is 0 Å². The first-order chi connectivity index (χ1) is 5.81. The first kappa shape index (κ1) is 7.41. The number of rotatable bonds is 1. The van der Waals surface area contributed by atoms with Crippen molar-refractivity contribution >= 4 is 6.08 Å². The van der Waals surface area contributed by atoms with Gasteiger partial charge in [-0.15, -0.1) is 6.58 Å². The number of fused-ring (bicyclic) bond motifs is 1. The Labute approximate surface area is 72.8 Å². The van der Waals surface area contributed by atoms with E-state index < -0.39 is 0 Å². The van der Waals surface area contributed by atoms with Crippen LogP contribution in [0.2, 0.25) is 0 Å². The highest BCUT2D eigenvalue weighted by Crippen LogP contribution is 2.27. The molecule has 1 nitrogen and oxygen atoms in total. The zero-order valence-corrected chi connectivity index (χ0v) is 7.30. The summed E-state index contributed by atoms with van der Waals surface area (Å²) in [7, 11) is 0. The molecule has 12 heavy (non-hydrogen) atoms. The Morgan fingerprint density at radius 1 is 1.67 bits per heavy atom. The summed E-state index contributed by atoms with van der Waals surface area (Å²) in [6.45, 7) is 6.00. The summed E-state index contributed by atoms with van der Waals surface area (Å²) >= 11 is 0. The van der Waals surface area contributed by atoms with E-state index in [0.29, 0.717) is 5.92 Å². The van der Waals surface area contributed by atoms with Crippen LogP contribution in [0.4, 0.5) is 0 Å². The van der Waals surface area contributed by atoms with Gasteiger partial charge in [-0.1, -0.05) is 11.6 Å². The van der Waals surface area contributed by atoms with Gasteiger partial charge in [0.2, 0.25) is 0 Å². The van der Waals surface area contributed by atoms with Gasteiger partial charge in [-0.25, -0.2) is 0 Å². The van der Waals surface area contributed by atoms with E-state index in [-0.39, 0.29) is 0 Å². The third-order valence-corrected chi connectivity index (χ3v) is 2.55. The Hall–Kier alpha value is -1.24. The average Bonchev–Trinajstić information content (AvgIpc) is 2.49. The molecule has 1 aromatic rings. The van der Waals surface area contributed by atoms with Crippen molar-refractivity contribution < 1.29 is 0 Å². The molecule has 1 N–H and O–H groups in total. The van der Waals surface area contributed by atoms with Crippen LogP contribution in [-0.2, 0) is 6.42 Å². The van der Waals surface area contributed by atoms with Crippen LogP contribution in [-0.4, -0.2) is 4.98 Å². The van der Waals surface area contributed by atoms with Crippen LogP contribution in [0.3, 0.4) is 0 Å². The zero-order valence-electron chi connectivity index (χ0n) is 7.30. The van der Waals surface area contributed by atoms with E-state index >= 15 is 0 Å². The van der Waals surface area contributed by atoms with E-state index in [0.717, 1.165) is 6.42 Å². The standard InChI is InChI=1S/C11H13N/c1-3-9-7-10-4-5-12-11(10)6-8(9)2/h3-6,9,12H,1,7H2,2H3. The van der Waals surface area contributed by atoms with Gasteiger partial charge in [0.15, 0.2) is 0 Å². The lowest BCUT2D eigenvalue weighted by atomic mass is 9.87. The molecule has 0 radical (unpaired) electrons. The van der Waals surface area contributed by atoms with Crippen molar-refractivity contribution in [3.8, 4) is 0 Å². The highest BCUT2D eigenvalue weighted by molar-refractivity contribution is 5.57. The maximum atomic E-state index is 3.84. The van der Waals surface area contributed by atoms with E-state index in [4.69, 9.17) is 0 Å². The molecule has 1 aliphatic carbocycles. The van der Waals surface area contributed by atoms with Gasteiger partial charge < -0.3 is 4.98 Å². The number of nitrogens with one attached hydrogen (secondary N) is 1. The molecule has 0 spiro atoms. The average molecular weight is 159 g/mol. The van der Waals surface area contributed by atoms with Gasteiger partial charge in [-0.2, -0.15) is 0 Å². The molecule has 1 aromatic heterocycles. The molecular formula is C11H13N. The molecule has 1 unspecified atom stereocenters. The number of allylic oxidation sites excluding steroid dienone is 2. The Kier molecular flexibility index (Phi) is 1.65. The van der Waals surface area contributed by atoms with Crippen molar-refractivity contribution in [3.05, 3.63) is 41.7 Å². The molecule has 2 rings (SSSR count). The minimum absolute atomic E-state index is 0.535. The third kappa shape index (κ3) is 1.02. The van der Waals surface area contributed by atoms with Crippen molar-refractivity contribution in [1.29, 1.82) is 0 Å². The summed E-state index contributed by atoms with van der Waals surface area (Å²) in [6.07, 6.45) is 7.34. The highest BCUT2D eigenvalue weighted by Gasteiger charge is 2.15. The molecule has 0 aliphatic heterocycles. The van der Waals surface area contributed by atoms with Crippen molar-refractivity contribution in [2.24, 2.45) is 5.92 Å². The summed E-state index contributed by atoms with van der Waals surface area (Å²) in [4.78, 5) is 3.22. The van der Waals surface area contributed by atoms with Crippen LogP contribution in [0.1, 0.15) is 18.2 Å². The van der Waals surface area contributed by atoms with Gasteiger partial charge >= 0.3 is 0 Å². The molecule has 1 heteroatoms. The Morgan fingerprint density at radius 3 is 3.25 bits per heavy atom. The van der Waals surface area contributed by atoms with Gasteiger partial charge in [0, 0.05) is 17.8 Å². The number of H-pyrrole nitrogens is 1. The molecule has 0 saturated heterocycles. The van der Waals surface area contributed by atoms with Crippen LogP contribution in [0, 0.1) is 5.92 Å². The Bertz CT molecular complexity index is 331. The van der Waals surface area contributed by atoms with E-state index in [1.807, 2.05) is 12.3 Å². The number of hydrogen-bond acceptors (Lipinski definition) is 0. The fourth-order valence-electron chi connectivity index (χ4n) is 1.73. The minimum Gasteiger partial charge on any atom is -0.361 e. The topological polar surface area (TPSA) is 15.8 Å². The van der Waals surface area contributed by atoms with Gasteiger partial charge in [0.05, 0.1) is 0 Å². The van der Waals surface area contributed by atoms with Crippen LogP contribution < -0.4 is 0 Å². The van der Waals surface area contributed by atoms with Crippen molar-refractivity contribution in [2.75, 3.05) is 0 Å². The number of aromatic amines is 1. The molecule has 0 saturated carbocycles. The first-order valence-corrected chi connectivity index (χ1v) is 4.28. The lowest BCUT2D eigenvalue weighted by Gasteiger charge is -2.18. The smallest absolute Gasteiger partial charge is 0.0412 e. The predicted molar refractivity (Wildman–Crippen MR) is 51.8 cm³/mol. The third-order valence-electron chi connectivity index (χ3n) is 2.55. The normalized spacial score (nSPS) is 21.4. The summed E-state index contributed by atoms with van der Waals surface area (Å²) < 4.78 is 0. The summed E-state index contributed by atoms with van der Waals surface area (Å²) in [5, 5.41) is 0. The molecule has 1 atom stereocenters. The Balaban J connectivity index is 2.43. The van der Waals surface area contributed by atoms with Crippen LogP contribution in [0.5, 0.6) is 0 Å². The molecule has 1 heterocycles. The fraction of sp³-hybridized carbons (Fsp3) is 0.273. The second-order valence-electron chi connectivity index (χ2n) is 3.35. The monoisotopic (exact) mass is 159 g/mol. The van der Waals surface area contributed by atoms with E-state index in [1.54, 1.807) is 0 Å². The number of aromatic nitrogens is 1. The molecule has 0 aromatic carbocycles. The SMILES string of the molecule is C=CC1Cc2cc[nH]c2C=C1C. The highest BCUT2D eigenvalue weighted by atomic mass is 14.7. The Morgan fingerprint density at radius 2 is 2.50 bits per heavy atom. The second-order valence-corrected chi connectivity index (χ2v) is 3.35. The van der Waals surface area contributed by atoms with Crippen molar-refractivity contribution in [2.45, 2.75) is 13.3 Å². The van der Waals surface area contributed by atoms with E-state index in [1.165, 1.54) is 16.8 Å². The summed E-state index contributed by atoms with van der Waals surface area (Å²) in [5.74, 6) is 0.535. The first-order valence-electron chi connectivity index (χ1n) is 4.28. The molecular weight excluding hydrogens is 146 g/mol. The van der Waals surface area contributed by atoms with E-state index in [2.05, 4.69) is 30.6 Å².